The largest absolute Gasteiger partial charge is 0.458 e. The second-order valence-electron chi connectivity index (χ2n) is 6.40. The first-order chi connectivity index (χ1) is 10.6. The molecule has 120 valence electrons. The molecule has 2 aliphatic carbocycles. The number of nitrogens with one attached hydrogen (secondary N) is 1. The van der Waals surface area contributed by atoms with Gasteiger partial charge in [0, 0.05) is 24.1 Å². The number of hydrogen-bond acceptors (Lipinski definition) is 4. The van der Waals surface area contributed by atoms with Crippen molar-refractivity contribution in [3.63, 3.8) is 0 Å². The summed E-state index contributed by atoms with van der Waals surface area (Å²) in [7, 11) is 0. The molecule has 0 aliphatic heterocycles. The molecule has 2 aliphatic rings. The summed E-state index contributed by atoms with van der Waals surface area (Å²) in [6, 6.07) is 3.25. The van der Waals surface area contributed by atoms with Crippen molar-refractivity contribution in [3.05, 3.63) is 33.7 Å². The first-order valence-corrected chi connectivity index (χ1v) is 8.09. The molecular weight excluding hydrogens is 282 g/mol. The molecule has 2 atom stereocenters. The Kier molecular flexibility index (Phi) is 4.08. The molecule has 1 spiro atoms. The number of esters is 1. The van der Waals surface area contributed by atoms with Gasteiger partial charge in [-0.05, 0) is 38.8 Å². The predicted octanol–water partition coefficient (Wildman–Crippen LogP) is 2.58. The molecule has 0 unspecified atom stereocenters. The van der Waals surface area contributed by atoms with Gasteiger partial charge in [-0.25, -0.2) is 4.79 Å². The quantitative estimate of drug-likeness (QED) is 0.868. The van der Waals surface area contributed by atoms with Crippen molar-refractivity contribution in [2.24, 2.45) is 5.41 Å². The van der Waals surface area contributed by atoms with E-state index >= 15 is 0 Å². The Hall–Kier alpha value is -1.62. The second kappa shape index (κ2) is 5.88. The summed E-state index contributed by atoms with van der Waals surface area (Å²) in [5.41, 5.74) is 0.405. The van der Waals surface area contributed by atoms with Gasteiger partial charge in [0.15, 0.2) is 0 Å². The summed E-state index contributed by atoms with van der Waals surface area (Å²) < 4.78 is 11.5. The Morgan fingerprint density at radius 3 is 2.68 bits per heavy atom. The lowest BCUT2D eigenvalue weighted by molar-refractivity contribution is -0.188. The Morgan fingerprint density at radius 2 is 2.05 bits per heavy atom. The summed E-state index contributed by atoms with van der Waals surface area (Å²) in [5, 5.41) is 0. The zero-order valence-electron chi connectivity index (χ0n) is 13.2. The van der Waals surface area contributed by atoms with Gasteiger partial charge in [0.05, 0.1) is 6.10 Å². The van der Waals surface area contributed by atoms with Crippen LogP contribution in [-0.4, -0.2) is 29.8 Å². The van der Waals surface area contributed by atoms with Crippen LogP contribution >= 0.6 is 0 Å². The second-order valence-corrected chi connectivity index (χ2v) is 6.40. The van der Waals surface area contributed by atoms with Crippen LogP contribution < -0.4 is 5.56 Å². The summed E-state index contributed by atoms with van der Waals surface area (Å²) in [4.78, 5) is 26.8. The molecule has 5 nitrogen and oxygen atoms in total. The number of carbonyl (C=O) groups is 1. The molecular formula is C17H23NO4. The minimum absolute atomic E-state index is 0.0247. The molecule has 1 aromatic heterocycles. The zero-order chi connectivity index (χ0) is 15.7. The maximum atomic E-state index is 12.3. The van der Waals surface area contributed by atoms with E-state index < -0.39 is 5.97 Å². The Morgan fingerprint density at radius 1 is 1.32 bits per heavy atom. The average molecular weight is 305 g/mol. The lowest BCUT2D eigenvalue weighted by Crippen LogP contribution is -2.58. The number of aryl methyl sites for hydroxylation is 1. The molecule has 2 saturated carbocycles. The maximum absolute atomic E-state index is 12.3. The van der Waals surface area contributed by atoms with Crippen LogP contribution in [0, 0.1) is 12.3 Å². The van der Waals surface area contributed by atoms with E-state index in [1.165, 1.54) is 6.07 Å². The van der Waals surface area contributed by atoms with Crippen LogP contribution in [0.1, 0.15) is 55.1 Å². The van der Waals surface area contributed by atoms with Crippen molar-refractivity contribution >= 4 is 5.97 Å². The number of rotatable bonds is 4. The maximum Gasteiger partial charge on any atom is 0.344 e. The monoisotopic (exact) mass is 305 g/mol. The van der Waals surface area contributed by atoms with Crippen LogP contribution in [-0.2, 0) is 9.47 Å². The van der Waals surface area contributed by atoms with Gasteiger partial charge in [-0.2, -0.15) is 0 Å². The van der Waals surface area contributed by atoms with E-state index in [1.807, 2.05) is 6.92 Å². The lowest BCUT2D eigenvalue weighted by Gasteiger charge is -2.52. The van der Waals surface area contributed by atoms with Crippen LogP contribution in [0.3, 0.4) is 0 Å². The van der Waals surface area contributed by atoms with Gasteiger partial charge in [-0.15, -0.1) is 0 Å². The summed E-state index contributed by atoms with van der Waals surface area (Å²) in [5.74, 6) is -0.521. The van der Waals surface area contributed by atoms with Crippen molar-refractivity contribution in [2.45, 2.75) is 58.2 Å². The lowest BCUT2D eigenvalue weighted by atomic mass is 9.62. The third-order valence-electron chi connectivity index (χ3n) is 5.14. The fraction of sp³-hybridized carbons (Fsp3) is 0.647. The van der Waals surface area contributed by atoms with Crippen molar-refractivity contribution in [3.8, 4) is 0 Å². The van der Waals surface area contributed by atoms with Gasteiger partial charge in [0.2, 0.25) is 0 Å². The molecule has 22 heavy (non-hydrogen) atoms. The zero-order valence-corrected chi connectivity index (χ0v) is 13.2. The number of hydrogen-bond donors (Lipinski definition) is 1. The number of aromatic amines is 1. The number of ether oxygens (including phenoxy) is 2. The molecule has 2 fully saturated rings. The molecule has 0 radical (unpaired) electrons. The van der Waals surface area contributed by atoms with Gasteiger partial charge in [-0.1, -0.05) is 12.8 Å². The first kappa shape index (κ1) is 15.3. The van der Waals surface area contributed by atoms with Gasteiger partial charge in [0.25, 0.3) is 5.56 Å². The third kappa shape index (κ3) is 2.47. The summed E-state index contributed by atoms with van der Waals surface area (Å²) in [6.45, 7) is 4.46. The topological polar surface area (TPSA) is 68.4 Å². The van der Waals surface area contributed by atoms with E-state index in [2.05, 4.69) is 4.98 Å². The molecule has 0 bridgehead atoms. The van der Waals surface area contributed by atoms with Crippen LogP contribution in [0.15, 0.2) is 16.9 Å². The molecule has 0 saturated heterocycles. The highest BCUT2D eigenvalue weighted by atomic mass is 16.6. The van der Waals surface area contributed by atoms with E-state index in [-0.39, 0.29) is 28.7 Å². The van der Waals surface area contributed by atoms with E-state index in [9.17, 15) is 9.59 Å². The van der Waals surface area contributed by atoms with Crippen LogP contribution in [0.4, 0.5) is 0 Å². The smallest absolute Gasteiger partial charge is 0.344 e. The third-order valence-corrected chi connectivity index (χ3v) is 5.14. The number of pyridine rings is 1. The minimum Gasteiger partial charge on any atom is -0.458 e. The van der Waals surface area contributed by atoms with Gasteiger partial charge in [0.1, 0.15) is 11.7 Å². The Labute approximate surface area is 130 Å². The van der Waals surface area contributed by atoms with Gasteiger partial charge >= 0.3 is 5.97 Å². The molecule has 0 aromatic carbocycles. The highest BCUT2D eigenvalue weighted by molar-refractivity contribution is 5.89. The standard InChI is InChI=1S/C17H23NO4/c1-3-21-13-10-14(17(13)8-4-5-9-17)22-16(20)12-7-6-11(2)18-15(12)19/h6-7,13-14H,3-5,8-10H2,1-2H3,(H,18,19)/t13-,14+/m0/s1. The SMILES string of the molecule is CCO[C@H]1C[C@@H](OC(=O)c2ccc(C)[nH]c2=O)C12CCCC2. The van der Waals surface area contributed by atoms with Crippen molar-refractivity contribution in [1.29, 1.82) is 0 Å². The Bertz CT molecular complexity index is 615. The highest BCUT2D eigenvalue weighted by Gasteiger charge is 2.58. The molecule has 5 heteroatoms. The fourth-order valence-corrected chi connectivity index (χ4v) is 3.91. The van der Waals surface area contributed by atoms with Crippen molar-refractivity contribution in [2.75, 3.05) is 6.61 Å². The Balaban J connectivity index is 1.73. The van der Waals surface area contributed by atoms with Gasteiger partial charge < -0.3 is 14.5 Å². The predicted molar refractivity (Wildman–Crippen MR) is 81.9 cm³/mol. The molecule has 3 rings (SSSR count). The number of aromatic nitrogens is 1. The van der Waals surface area contributed by atoms with E-state index in [1.54, 1.807) is 13.0 Å². The van der Waals surface area contributed by atoms with Crippen LogP contribution in [0.2, 0.25) is 0 Å². The van der Waals surface area contributed by atoms with Crippen molar-refractivity contribution in [1.82, 2.24) is 4.98 Å². The normalized spacial score (nSPS) is 25.9. The first-order valence-electron chi connectivity index (χ1n) is 8.09. The molecule has 1 aromatic rings. The summed E-state index contributed by atoms with van der Waals surface area (Å²) in [6.07, 6.45) is 5.20. The summed E-state index contributed by atoms with van der Waals surface area (Å²) >= 11 is 0. The molecule has 1 N–H and O–H groups in total. The highest BCUT2D eigenvalue weighted by Crippen LogP contribution is 2.56. The van der Waals surface area contributed by atoms with Crippen molar-refractivity contribution < 1.29 is 14.3 Å². The van der Waals surface area contributed by atoms with E-state index in [0.29, 0.717) is 6.61 Å². The van der Waals surface area contributed by atoms with E-state index in [4.69, 9.17) is 9.47 Å². The minimum atomic E-state index is -0.521. The number of carbonyl (C=O) groups excluding carboxylic acids is 1. The molecule has 1 heterocycles. The van der Waals surface area contributed by atoms with E-state index in [0.717, 1.165) is 37.8 Å². The average Bonchev–Trinajstić information content (AvgIpc) is 2.98. The van der Waals surface area contributed by atoms with Crippen LogP contribution in [0.25, 0.3) is 0 Å². The number of H-pyrrole nitrogens is 1. The van der Waals surface area contributed by atoms with Gasteiger partial charge in [-0.3, -0.25) is 4.79 Å². The van der Waals surface area contributed by atoms with Crippen LogP contribution in [0.5, 0.6) is 0 Å². The fourth-order valence-electron chi connectivity index (χ4n) is 3.91. The molecule has 0 amide bonds.